The highest BCUT2D eigenvalue weighted by Gasteiger charge is 2.11. The summed E-state index contributed by atoms with van der Waals surface area (Å²) in [5, 5.41) is 3.22. The normalized spacial score (nSPS) is 14.4. The van der Waals surface area contributed by atoms with Gasteiger partial charge in [0.05, 0.1) is 0 Å². The third-order valence-corrected chi connectivity index (χ3v) is 4.15. The first-order chi connectivity index (χ1) is 9.28. The topological polar surface area (TPSA) is 27.8 Å². The van der Waals surface area contributed by atoms with E-state index in [9.17, 15) is 0 Å². The first-order valence-corrected chi connectivity index (χ1v) is 7.23. The second-order valence-corrected chi connectivity index (χ2v) is 5.55. The third-order valence-electron chi connectivity index (χ3n) is 4.15. The summed E-state index contributed by atoms with van der Waals surface area (Å²) in [6.45, 7) is 3.07. The smallest absolute Gasteiger partial charge is 0.0459 e. The molecule has 1 heterocycles. The molecule has 0 saturated carbocycles. The quantitative estimate of drug-likeness (QED) is 0.860. The maximum Gasteiger partial charge on any atom is 0.0459 e. The zero-order valence-corrected chi connectivity index (χ0v) is 11.8. The van der Waals surface area contributed by atoms with Gasteiger partial charge in [-0.2, -0.15) is 0 Å². The van der Waals surface area contributed by atoms with Gasteiger partial charge in [-0.05, 0) is 74.0 Å². The maximum absolute atomic E-state index is 3.51. The molecule has 3 rings (SSSR count). The highest BCUT2D eigenvalue weighted by molar-refractivity contribution is 5.63. The van der Waals surface area contributed by atoms with Crippen molar-refractivity contribution in [2.45, 2.75) is 39.2 Å². The van der Waals surface area contributed by atoms with Crippen molar-refractivity contribution in [3.8, 4) is 11.3 Å². The molecule has 0 fully saturated rings. The van der Waals surface area contributed by atoms with E-state index in [1.165, 1.54) is 48.2 Å². The summed E-state index contributed by atoms with van der Waals surface area (Å²) in [4.78, 5) is 3.51. The van der Waals surface area contributed by atoms with Crippen molar-refractivity contribution < 1.29 is 0 Å². The van der Waals surface area contributed by atoms with Crippen LogP contribution in [0.5, 0.6) is 0 Å². The van der Waals surface area contributed by atoms with Gasteiger partial charge in [0.1, 0.15) is 0 Å². The molecule has 2 N–H and O–H groups in total. The van der Waals surface area contributed by atoms with E-state index in [0.717, 1.165) is 6.54 Å². The fraction of sp³-hybridized carbons (Fsp3) is 0.412. The number of hydrogen-bond acceptors (Lipinski definition) is 1. The van der Waals surface area contributed by atoms with Crippen LogP contribution < -0.4 is 5.32 Å². The molecule has 2 nitrogen and oxygen atoms in total. The van der Waals surface area contributed by atoms with Crippen LogP contribution in [0.2, 0.25) is 0 Å². The summed E-state index contributed by atoms with van der Waals surface area (Å²) in [6.07, 6.45) is 5.18. The predicted molar refractivity (Wildman–Crippen MR) is 80.4 cm³/mol. The van der Waals surface area contributed by atoms with Crippen molar-refractivity contribution in [1.82, 2.24) is 10.3 Å². The number of hydrogen-bond donors (Lipinski definition) is 2. The van der Waals surface area contributed by atoms with E-state index in [2.05, 4.69) is 41.5 Å². The zero-order chi connectivity index (χ0) is 13.2. The molecule has 0 spiro atoms. The molecule has 0 atom stereocenters. The number of fused-ring (bicyclic) bond motifs is 1. The largest absolute Gasteiger partial charge is 0.358 e. The Hall–Kier alpha value is -1.54. The van der Waals surface area contributed by atoms with Gasteiger partial charge in [-0.15, -0.1) is 0 Å². The Morgan fingerprint density at radius 3 is 2.68 bits per heavy atom. The molecule has 19 heavy (non-hydrogen) atoms. The molecule has 1 aromatic heterocycles. The van der Waals surface area contributed by atoms with E-state index in [0.29, 0.717) is 0 Å². The van der Waals surface area contributed by atoms with Crippen molar-refractivity contribution >= 4 is 0 Å². The standard InChI is InChI=1S/C17H22N2/c1-12-16(11-18-2)10-17(19-12)15-8-7-13-5-3-4-6-14(13)9-15/h7-10,18-19H,3-6,11H2,1-2H3. The van der Waals surface area contributed by atoms with Crippen LogP contribution >= 0.6 is 0 Å². The Morgan fingerprint density at radius 2 is 1.89 bits per heavy atom. The number of benzene rings is 1. The molecular formula is C17H22N2. The summed E-state index contributed by atoms with van der Waals surface area (Å²) in [6, 6.07) is 9.23. The second-order valence-electron chi connectivity index (χ2n) is 5.55. The lowest BCUT2D eigenvalue weighted by atomic mass is 9.90. The highest BCUT2D eigenvalue weighted by atomic mass is 14.8. The number of aromatic nitrogens is 1. The predicted octanol–water partition coefficient (Wildman–Crippen LogP) is 3.59. The van der Waals surface area contributed by atoms with Gasteiger partial charge in [-0.3, -0.25) is 0 Å². The zero-order valence-electron chi connectivity index (χ0n) is 11.8. The summed E-state index contributed by atoms with van der Waals surface area (Å²) in [5.41, 5.74) is 8.29. The summed E-state index contributed by atoms with van der Waals surface area (Å²) in [7, 11) is 1.99. The molecule has 2 aromatic rings. The van der Waals surface area contributed by atoms with Crippen molar-refractivity contribution in [2.75, 3.05) is 7.05 Å². The van der Waals surface area contributed by atoms with Crippen LogP contribution in [0.25, 0.3) is 11.3 Å². The molecule has 1 aromatic carbocycles. The fourth-order valence-electron chi connectivity index (χ4n) is 3.03. The van der Waals surface area contributed by atoms with Crippen molar-refractivity contribution in [1.29, 1.82) is 0 Å². The van der Waals surface area contributed by atoms with Crippen LogP contribution in [0.3, 0.4) is 0 Å². The van der Waals surface area contributed by atoms with Crippen molar-refractivity contribution in [3.05, 3.63) is 46.6 Å². The van der Waals surface area contributed by atoms with Crippen LogP contribution in [0.1, 0.15) is 35.2 Å². The van der Waals surface area contributed by atoms with Gasteiger partial charge in [-0.25, -0.2) is 0 Å². The Morgan fingerprint density at radius 1 is 1.11 bits per heavy atom. The van der Waals surface area contributed by atoms with E-state index >= 15 is 0 Å². The first-order valence-electron chi connectivity index (χ1n) is 7.23. The Labute approximate surface area is 115 Å². The number of aryl methyl sites for hydroxylation is 3. The highest BCUT2D eigenvalue weighted by Crippen LogP contribution is 2.28. The van der Waals surface area contributed by atoms with Crippen LogP contribution in [-0.2, 0) is 19.4 Å². The molecule has 2 heteroatoms. The van der Waals surface area contributed by atoms with Crippen LogP contribution in [-0.4, -0.2) is 12.0 Å². The minimum atomic E-state index is 0.924. The molecule has 0 amide bonds. The van der Waals surface area contributed by atoms with Gasteiger partial charge in [-0.1, -0.05) is 12.1 Å². The van der Waals surface area contributed by atoms with Gasteiger partial charge in [0.2, 0.25) is 0 Å². The molecule has 0 unspecified atom stereocenters. The molecular weight excluding hydrogens is 232 g/mol. The maximum atomic E-state index is 3.51. The summed E-state index contributed by atoms with van der Waals surface area (Å²) < 4.78 is 0. The molecule has 100 valence electrons. The van der Waals surface area contributed by atoms with E-state index in [1.54, 1.807) is 11.1 Å². The van der Waals surface area contributed by atoms with Crippen LogP contribution in [0, 0.1) is 6.92 Å². The number of nitrogens with one attached hydrogen (secondary N) is 2. The Kier molecular flexibility index (Phi) is 3.43. The second kappa shape index (κ2) is 5.22. The Bertz CT molecular complexity index is 581. The van der Waals surface area contributed by atoms with E-state index in [4.69, 9.17) is 0 Å². The molecule has 0 radical (unpaired) electrons. The van der Waals surface area contributed by atoms with Crippen LogP contribution in [0.4, 0.5) is 0 Å². The third kappa shape index (κ3) is 2.45. The van der Waals surface area contributed by atoms with Gasteiger partial charge in [0, 0.05) is 17.9 Å². The average molecular weight is 254 g/mol. The van der Waals surface area contributed by atoms with Crippen molar-refractivity contribution in [2.24, 2.45) is 0 Å². The van der Waals surface area contributed by atoms with Gasteiger partial charge in [0.15, 0.2) is 0 Å². The molecule has 0 bridgehead atoms. The molecule has 1 aliphatic carbocycles. The van der Waals surface area contributed by atoms with Crippen molar-refractivity contribution in [3.63, 3.8) is 0 Å². The first kappa shape index (κ1) is 12.5. The van der Waals surface area contributed by atoms with Gasteiger partial charge >= 0.3 is 0 Å². The number of H-pyrrole nitrogens is 1. The monoisotopic (exact) mass is 254 g/mol. The van der Waals surface area contributed by atoms with E-state index < -0.39 is 0 Å². The minimum Gasteiger partial charge on any atom is -0.358 e. The summed E-state index contributed by atoms with van der Waals surface area (Å²) >= 11 is 0. The SMILES string of the molecule is CNCc1cc(-c2ccc3c(c2)CCCC3)[nH]c1C. The van der Waals surface area contributed by atoms with E-state index in [-0.39, 0.29) is 0 Å². The number of aromatic amines is 1. The number of rotatable bonds is 3. The lowest BCUT2D eigenvalue weighted by Gasteiger charge is -2.16. The molecule has 1 aliphatic rings. The van der Waals surface area contributed by atoms with Gasteiger partial charge < -0.3 is 10.3 Å². The average Bonchev–Trinajstić information content (AvgIpc) is 2.80. The summed E-state index contributed by atoms with van der Waals surface area (Å²) in [5.74, 6) is 0. The van der Waals surface area contributed by atoms with Gasteiger partial charge in [0.25, 0.3) is 0 Å². The lowest BCUT2D eigenvalue weighted by molar-refractivity contribution is 0.686. The molecule has 0 aliphatic heterocycles. The minimum absolute atomic E-state index is 0.924. The van der Waals surface area contributed by atoms with E-state index in [1.807, 2.05) is 7.05 Å². The lowest BCUT2D eigenvalue weighted by Crippen LogP contribution is -2.04. The van der Waals surface area contributed by atoms with Crippen LogP contribution in [0.15, 0.2) is 24.3 Å². The fourth-order valence-corrected chi connectivity index (χ4v) is 3.03. The Balaban J connectivity index is 1.95. The molecule has 0 saturated heterocycles.